The van der Waals surface area contributed by atoms with Crippen molar-refractivity contribution >= 4 is 11.9 Å². The average Bonchev–Trinajstić information content (AvgIpc) is 3.12. The van der Waals surface area contributed by atoms with E-state index < -0.39 is 5.97 Å². The van der Waals surface area contributed by atoms with E-state index in [2.05, 4.69) is 5.32 Å². The Balaban J connectivity index is 2.31. The van der Waals surface area contributed by atoms with Crippen LogP contribution in [0.1, 0.15) is 44.7 Å². The summed E-state index contributed by atoms with van der Waals surface area (Å²) >= 11 is 0. The molecule has 0 aromatic heterocycles. The fraction of sp³-hybridized carbons (Fsp3) is 0.429. The van der Waals surface area contributed by atoms with Gasteiger partial charge in [-0.3, -0.25) is 4.79 Å². The van der Waals surface area contributed by atoms with Crippen LogP contribution in [0.4, 0.5) is 0 Å². The van der Waals surface area contributed by atoms with Gasteiger partial charge in [0.05, 0.1) is 11.1 Å². The van der Waals surface area contributed by atoms with Crippen LogP contribution in [0.25, 0.3) is 0 Å². The molecular formula is C14H17NO3. The predicted octanol–water partition coefficient (Wildman–Crippen LogP) is 2.14. The van der Waals surface area contributed by atoms with Crippen molar-refractivity contribution in [1.29, 1.82) is 0 Å². The highest BCUT2D eigenvalue weighted by molar-refractivity contribution is 6.06. The molecule has 1 aromatic rings. The first-order valence-corrected chi connectivity index (χ1v) is 6.12. The van der Waals surface area contributed by atoms with Crippen molar-refractivity contribution in [1.82, 2.24) is 5.32 Å². The summed E-state index contributed by atoms with van der Waals surface area (Å²) < 4.78 is 0. The fourth-order valence-corrected chi connectivity index (χ4v) is 2.03. The SMILES string of the molecule is Cc1ccc(C)c(C(=O)NCC2CC2)c1C(=O)O. The van der Waals surface area contributed by atoms with Crippen LogP contribution in [-0.4, -0.2) is 23.5 Å². The Kier molecular flexibility index (Phi) is 3.36. The van der Waals surface area contributed by atoms with Crippen LogP contribution in [0.3, 0.4) is 0 Å². The molecule has 0 radical (unpaired) electrons. The Labute approximate surface area is 106 Å². The lowest BCUT2D eigenvalue weighted by Gasteiger charge is -2.12. The van der Waals surface area contributed by atoms with Gasteiger partial charge in [0.15, 0.2) is 0 Å². The van der Waals surface area contributed by atoms with Gasteiger partial charge in [0.25, 0.3) is 5.91 Å². The first-order valence-electron chi connectivity index (χ1n) is 6.12. The summed E-state index contributed by atoms with van der Waals surface area (Å²) in [6.45, 7) is 4.11. The fourth-order valence-electron chi connectivity index (χ4n) is 2.03. The van der Waals surface area contributed by atoms with Gasteiger partial charge in [-0.15, -0.1) is 0 Å². The predicted molar refractivity (Wildman–Crippen MR) is 67.9 cm³/mol. The number of rotatable bonds is 4. The summed E-state index contributed by atoms with van der Waals surface area (Å²) in [7, 11) is 0. The smallest absolute Gasteiger partial charge is 0.336 e. The van der Waals surface area contributed by atoms with Gasteiger partial charge in [0, 0.05) is 6.54 Å². The van der Waals surface area contributed by atoms with Crippen molar-refractivity contribution in [2.45, 2.75) is 26.7 Å². The van der Waals surface area contributed by atoms with Crippen molar-refractivity contribution in [2.24, 2.45) is 5.92 Å². The van der Waals surface area contributed by atoms with E-state index >= 15 is 0 Å². The van der Waals surface area contributed by atoms with Crippen molar-refractivity contribution in [3.63, 3.8) is 0 Å². The van der Waals surface area contributed by atoms with Crippen LogP contribution >= 0.6 is 0 Å². The molecule has 0 saturated heterocycles. The minimum Gasteiger partial charge on any atom is -0.478 e. The molecule has 0 unspecified atom stereocenters. The van der Waals surface area contributed by atoms with Crippen LogP contribution < -0.4 is 5.32 Å². The van der Waals surface area contributed by atoms with E-state index in [1.807, 2.05) is 0 Å². The lowest BCUT2D eigenvalue weighted by molar-refractivity contribution is 0.0690. The van der Waals surface area contributed by atoms with Crippen LogP contribution in [0.2, 0.25) is 0 Å². The van der Waals surface area contributed by atoms with E-state index in [1.165, 1.54) is 0 Å². The highest BCUT2D eigenvalue weighted by atomic mass is 16.4. The number of nitrogens with one attached hydrogen (secondary N) is 1. The zero-order valence-corrected chi connectivity index (χ0v) is 10.6. The minimum absolute atomic E-state index is 0.114. The van der Waals surface area contributed by atoms with Gasteiger partial charge in [-0.1, -0.05) is 12.1 Å². The van der Waals surface area contributed by atoms with E-state index in [0.717, 1.165) is 12.8 Å². The van der Waals surface area contributed by atoms with Crippen molar-refractivity contribution in [2.75, 3.05) is 6.54 Å². The maximum atomic E-state index is 12.1. The Morgan fingerprint density at radius 3 is 2.28 bits per heavy atom. The minimum atomic E-state index is -1.05. The second-order valence-corrected chi connectivity index (χ2v) is 4.91. The van der Waals surface area contributed by atoms with E-state index in [1.54, 1.807) is 26.0 Å². The molecule has 96 valence electrons. The lowest BCUT2D eigenvalue weighted by Crippen LogP contribution is -2.28. The summed E-state index contributed by atoms with van der Waals surface area (Å²) in [5.41, 5.74) is 1.72. The number of aryl methyl sites for hydroxylation is 2. The summed E-state index contributed by atoms with van der Waals surface area (Å²) in [6, 6.07) is 3.52. The molecule has 4 nitrogen and oxygen atoms in total. The number of carbonyl (C=O) groups excluding carboxylic acids is 1. The third kappa shape index (κ3) is 2.53. The molecule has 1 aromatic carbocycles. The van der Waals surface area contributed by atoms with Crippen LogP contribution in [-0.2, 0) is 0 Å². The number of carbonyl (C=O) groups is 2. The van der Waals surface area contributed by atoms with Crippen molar-refractivity contribution in [3.8, 4) is 0 Å². The number of carboxylic acid groups (broad SMARTS) is 1. The third-order valence-corrected chi connectivity index (χ3v) is 3.31. The van der Waals surface area contributed by atoms with E-state index in [-0.39, 0.29) is 11.5 Å². The van der Waals surface area contributed by atoms with Gasteiger partial charge in [0.2, 0.25) is 0 Å². The first-order chi connectivity index (χ1) is 8.50. The summed E-state index contributed by atoms with van der Waals surface area (Å²) in [6.07, 6.45) is 2.30. The zero-order valence-electron chi connectivity index (χ0n) is 10.6. The van der Waals surface area contributed by atoms with Gasteiger partial charge in [-0.25, -0.2) is 4.79 Å². The molecule has 1 amide bonds. The lowest BCUT2D eigenvalue weighted by atomic mass is 9.96. The van der Waals surface area contributed by atoms with Crippen molar-refractivity contribution in [3.05, 3.63) is 34.4 Å². The van der Waals surface area contributed by atoms with E-state index in [9.17, 15) is 14.7 Å². The first kappa shape index (κ1) is 12.6. The zero-order chi connectivity index (χ0) is 13.3. The molecule has 0 heterocycles. The molecule has 2 N–H and O–H groups in total. The Hall–Kier alpha value is -1.84. The third-order valence-electron chi connectivity index (χ3n) is 3.31. The van der Waals surface area contributed by atoms with Crippen LogP contribution in [0, 0.1) is 19.8 Å². The molecule has 0 atom stereocenters. The molecular weight excluding hydrogens is 230 g/mol. The molecule has 1 saturated carbocycles. The monoisotopic (exact) mass is 247 g/mol. The van der Waals surface area contributed by atoms with Gasteiger partial charge < -0.3 is 10.4 Å². The largest absolute Gasteiger partial charge is 0.478 e. The molecule has 1 fully saturated rings. The Morgan fingerprint density at radius 2 is 1.78 bits per heavy atom. The highest BCUT2D eigenvalue weighted by Crippen LogP contribution is 2.28. The number of carboxylic acids is 1. The average molecular weight is 247 g/mol. The quantitative estimate of drug-likeness (QED) is 0.856. The molecule has 18 heavy (non-hydrogen) atoms. The molecule has 0 bridgehead atoms. The van der Waals surface area contributed by atoms with Gasteiger partial charge >= 0.3 is 5.97 Å². The maximum Gasteiger partial charge on any atom is 0.336 e. The van der Waals surface area contributed by atoms with E-state index in [4.69, 9.17) is 0 Å². The van der Waals surface area contributed by atoms with Gasteiger partial charge in [-0.2, -0.15) is 0 Å². The summed E-state index contributed by atoms with van der Waals surface area (Å²) in [5, 5.41) is 12.1. The highest BCUT2D eigenvalue weighted by Gasteiger charge is 2.25. The Bertz CT molecular complexity index is 504. The molecule has 0 aliphatic heterocycles. The number of benzene rings is 1. The number of aromatic carboxylic acids is 1. The number of hydrogen-bond acceptors (Lipinski definition) is 2. The topological polar surface area (TPSA) is 66.4 Å². The number of hydrogen-bond donors (Lipinski definition) is 2. The second kappa shape index (κ2) is 4.80. The van der Waals surface area contributed by atoms with Gasteiger partial charge in [0.1, 0.15) is 0 Å². The van der Waals surface area contributed by atoms with Crippen LogP contribution in [0.5, 0.6) is 0 Å². The molecule has 2 rings (SSSR count). The second-order valence-electron chi connectivity index (χ2n) is 4.91. The molecule has 0 spiro atoms. The van der Waals surface area contributed by atoms with E-state index in [0.29, 0.717) is 29.2 Å². The summed E-state index contributed by atoms with van der Waals surface area (Å²) in [4.78, 5) is 23.4. The normalized spacial score (nSPS) is 14.3. The van der Waals surface area contributed by atoms with Gasteiger partial charge in [-0.05, 0) is 43.7 Å². The summed E-state index contributed by atoms with van der Waals surface area (Å²) in [5.74, 6) is -0.749. The number of amides is 1. The maximum absolute atomic E-state index is 12.1. The Morgan fingerprint density at radius 1 is 1.22 bits per heavy atom. The standard InChI is InChI=1S/C14H17NO3/c1-8-3-4-9(2)12(14(17)18)11(8)13(16)15-7-10-5-6-10/h3-4,10H,5-7H2,1-2H3,(H,15,16)(H,17,18). The van der Waals surface area contributed by atoms with Crippen molar-refractivity contribution < 1.29 is 14.7 Å². The van der Waals surface area contributed by atoms with Crippen LogP contribution in [0.15, 0.2) is 12.1 Å². The molecule has 1 aliphatic carbocycles. The molecule has 4 heteroatoms. The molecule has 1 aliphatic rings.